The molecule has 0 saturated carbocycles. The Balaban J connectivity index is 1.59. The average molecular weight is 337 g/mol. The van der Waals surface area contributed by atoms with Crippen LogP contribution in [0.4, 0.5) is 0 Å². The van der Waals surface area contributed by atoms with E-state index in [1.54, 1.807) is 5.56 Å². The van der Waals surface area contributed by atoms with Crippen molar-refractivity contribution in [2.75, 3.05) is 13.1 Å². The fourth-order valence-electron chi connectivity index (χ4n) is 3.92. The number of fused-ring (bicyclic) bond motifs is 1. The van der Waals surface area contributed by atoms with Gasteiger partial charge >= 0.3 is 0 Å². The van der Waals surface area contributed by atoms with Gasteiger partial charge in [-0.3, -0.25) is 4.90 Å². The van der Waals surface area contributed by atoms with Crippen LogP contribution in [0.15, 0.2) is 48.5 Å². The highest BCUT2D eigenvalue weighted by Crippen LogP contribution is 2.27. The average Bonchev–Trinajstić information content (AvgIpc) is 2.59. The molecule has 1 N–H and O–H groups in total. The highest BCUT2D eigenvalue weighted by atomic mass is 15.2. The van der Waals surface area contributed by atoms with E-state index >= 15 is 0 Å². The molecule has 0 amide bonds. The lowest BCUT2D eigenvalue weighted by Gasteiger charge is -2.38. The minimum absolute atomic E-state index is 0.675. The van der Waals surface area contributed by atoms with Crippen molar-refractivity contribution in [3.8, 4) is 0 Å². The van der Waals surface area contributed by atoms with E-state index in [9.17, 15) is 0 Å². The number of nitrogens with zero attached hydrogens (tertiary/aromatic N) is 1. The molecule has 1 aliphatic heterocycles. The Bertz CT molecular complexity index is 663. The van der Waals surface area contributed by atoms with Gasteiger partial charge in [-0.05, 0) is 42.4 Å². The lowest BCUT2D eigenvalue weighted by molar-refractivity contribution is 0.151. The summed E-state index contributed by atoms with van der Waals surface area (Å²) in [6.07, 6.45) is 2.48. The Morgan fingerprint density at radius 2 is 1.88 bits per heavy atom. The molecule has 0 saturated heterocycles. The standard InChI is InChI=1S/C23H32N2/c1-18(2)13-23-15-21-10-9-19(3)14-22(21)17-25(23)12-11-24-16-20-7-5-4-6-8-20/h4-10,14,18,23-24H,11-13,15-17H2,1-3H3. The van der Waals surface area contributed by atoms with Gasteiger partial charge in [-0.15, -0.1) is 0 Å². The zero-order chi connectivity index (χ0) is 17.6. The van der Waals surface area contributed by atoms with Gasteiger partial charge in [0.1, 0.15) is 0 Å². The molecule has 0 spiro atoms. The minimum atomic E-state index is 0.675. The van der Waals surface area contributed by atoms with Crippen LogP contribution >= 0.6 is 0 Å². The largest absolute Gasteiger partial charge is 0.311 e. The summed E-state index contributed by atoms with van der Waals surface area (Å²) in [6.45, 7) is 11.1. The second-order valence-corrected chi connectivity index (χ2v) is 7.89. The number of benzene rings is 2. The quantitative estimate of drug-likeness (QED) is 0.746. The molecule has 0 bridgehead atoms. The van der Waals surface area contributed by atoms with Gasteiger partial charge in [0.25, 0.3) is 0 Å². The number of rotatable bonds is 7. The molecule has 2 nitrogen and oxygen atoms in total. The summed E-state index contributed by atoms with van der Waals surface area (Å²) >= 11 is 0. The molecule has 3 rings (SSSR count). The van der Waals surface area contributed by atoms with Crippen LogP contribution in [0.2, 0.25) is 0 Å². The minimum Gasteiger partial charge on any atom is -0.311 e. The van der Waals surface area contributed by atoms with E-state index in [-0.39, 0.29) is 0 Å². The number of aryl methyl sites for hydroxylation is 1. The van der Waals surface area contributed by atoms with Crippen molar-refractivity contribution in [2.24, 2.45) is 5.92 Å². The van der Waals surface area contributed by atoms with E-state index < -0.39 is 0 Å². The molecular weight excluding hydrogens is 304 g/mol. The van der Waals surface area contributed by atoms with Gasteiger partial charge in [0, 0.05) is 32.2 Å². The van der Waals surface area contributed by atoms with Crippen LogP contribution in [0, 0.1) is 12.8 Å². The summed E-state index contributed by atoms with van der Waals surface area (Å²) < 4.78 is 0. The van der Waals surface area contributed by atoms with E-state index in [4.69, 9.17) is 0 Å². The first-order valence-corrected chi connectivity index (χ1v) is 9.69. The molecule has 0 aromatic heterocycles. The summed E-state index contributed by atoms with van der Waals surface area (Å²) in [5.74, 6) is 0.747. The first-order valence-electron chi connectivity index (χ1n) is 9.69. The molecule has 0 radical (unpaired) electrons. The maximum absolute atomic E-state index is 3.62. The van der Waals surface area contributed by atoms with E-state index in [1.807, 2.05) is 0 Å². The summed E-state index contributed by atoms with van der Waals surface area (Å²) in [7, 11) is 0. The van der Waals surface area contributed by atoms with Crippen molar-refractivity contribution in [3.05, 3.63) is 70.8 Å². The van der Waals surface area contributed by atoms with E-state index in [0.717, 1.165) is 32.1 Å². The first kappa shape index (κ1) is 18.2. The Morgan fingerprint density at radius 3 is 2.64 bits per heavy atom. The van der Waals surface area contributed by atoms with Crippen LogP contribution in [-0.2, 0) is 19.5 Å². The molecule has 1 aliphatic rings. The lowest BCUT2D eigenvalue weighted by atomic mass is 9.88. The predicted octanol–water partition coefficient (Wildman–Crippen LogP) is 4.56. The maximum Gasteiger partial charge on any atom is 0.0240 e. The van der Waals surface area contributed by atoms with Crippen LogP contribution in [0.25, 0.3) is 0 Å². The normalized spacial score (nSPS) is 17.7. The highest BCUT2D eigenvalue weighted by molar-refractivity contribution is 5.34. The van der Waals surface area contributed by atoms with Crippen molar-refractivity contribution in [3.63, 3.8) is 0 Å². The van der Waals surface area contributed by atoms with Crippen molar-refractivity contribution in [2.45, 2.75) is 52.7 Å². The van der Waals surface area contributed by atoms with E-state index in [0.29, 0.717) is 6.04 Å². The molecular formula is C23H32N2. The third kappa shape index (κ3) is 5.17. The molecule has 1 heterocycles. The van der Waals surface area contributed by atoms with Gasteiger partial charge in [-0.1, -0.05) is 67.9 Å². The summed E-state index contributed by atoms with van der Waals surface area (Å²) in [5, 5.41) is 3.62. The molecule has 25 heavy (non-hydrogen) atoms. The molecule has 1 atom stereocenters. The molecule has 2 aromatic carbocycles. The molecule has 134 valence electrons. The molecule has 2 aromatic rings. The van der Waals surface area contributed by atoms with Crippen LogP contribution < -0.4 is 5.32 Å². The van der Waals surface area contributed by atoms with Gasteiger partial charge in [0.2, 0.25) is 0 Å². The second-order valence-electron chi connectivity index (χ2n) is 7.89. The second kappa shape index (κ2) is 8.64. The number of hydrogen-bond acceptors (Lipinski definition) is 2. The monoisotopic (exact) mass is 336 g/mol. The smallest absolute Gasteiger partial charge is 0.0240 e. The fourth-order valence-corrected chi connectivity index (χ4v) is 3.92. The number of nitrogens with one attached hydrogen (secondary N) is 1. The van der Waals surface area contributed by atoms with Gasteiger partial charge in [-0.2, -0.15) is 0 Å². The summed E-state index contributed by atoms with van der Waals surface area (Å²) in [4.78, 5) is 2.69. The van der Waals surface area contributed by atoms with Gasteiger partial charge in [0.05, 0.1) is 0 Å². The zero-order valence-corrected chi connectivity index (χ0v) is 16.0. The Hall–Kier alpha value is -1.64. The Kier molecular flexibility index (Phi) is 6.28. The van der Waals surface area contributed by atoms with Crippen molar-refractivity contribution >= 4 is 0 Å². The van der Waals surface area contributed by atoms with Crippen molar-refractivity contribution in [1.29, 1.82) is 0 Å². The van der Waals surface area contributed by atoms with Crippen LogP contribution in [0.1, 0.15) is 42.5 Å². The van der Waals surface area contributed by atoms with Crippen molar-refractivity contribution in [1.82, 2.24) is 10.2 Å². The van der Waals surface area contributed by atoms with Crippen molar-refractivity contribution < 1.29 is 0 Å². The van der Waals surface area contributed by atoms with Gasteiger partial charge in [-0.25, -0.2) is 0 Å². The van der Waals surface area contributed by atoms with Gasteiger partial charge < -0.3 is 5.32 Å². The molecule has 0 aliphatic carbocycles. The highest BCUT2D eigenvalue weighted by Gasteiger charge is 2.26. The fraction of sp³-hybridized carbons (Fsp3) is 0.478. The SMILES string of the molecule is Cc1ccc2c(c1)CN(CCNCc1ccccc1)C(CC(C)C)C2. The van der Waals surface area contributed by atoms with Crippen LogP contribution in [0.5, 0.6) is 0 Å². The Morgan fingerprint density at radius 1 is 1.08 bits per heavy atom. The van der Waals surface area contributed by atoms with Crippen LogP contribution in [-0.4, -0.2) is 24.0 Å². The third-order valence-electron chi connectivity index (χ3n) is 5.20. The van der Waals surface area contributed by atoms with E-state index in [1.165, 1.54) is 29.5 Å². The molecule has 2 heteroatoms. The predicted molar refractivity (Wildman–Crippen MR) is 107 cm³/mol. The van der Waals surface area contributed by atoms with E-state index in [2.05, 4.69) is 79.5 Å². The summed E-state index contributed by atoms with van der Waals surface area (Å²) in [6, 6.07) is 18.3. The molecule has 0 fully saturated rings. The summed E-state index contributed by atoms with van der Waals surface area (Å²) in [5.41, 5.74) is 5.83. The Labute approximate surface area is 153 Å². The van der Waals surface area contributed by atoms with Crippen LogP contribution in [0.3, 0.4) is 0 Å². The maximum atomic E-state index is 3.62. The molecule has 1 unspecified atom stereocenters. The topological polar surface area (TPSA) is 15.3 Å². The first-order chi connectivity index (χ1) is 12.1. The lowest BCUT2D eigenvalue weighted by Crippen LogP contribution is -2.44. The number of hydrogen-bond donors (Lipinski definition) is 1. The third-order valence-corrected chi connectivity index (χ3v) is 5.20. The zero-order valence-electron chi connectivity index (χ0n) is 16.0. The van der Waals surface area contributed by atoms with Gasteiger partial charge in [0.15, 0.2) is 0 Å².